The molecule has 0 radical (unpaired) electrons. The van der Waals surface area contributed by atoms with Gasteiger partial charge in [0.05, 0.1) is 6.54 Å². The number of aromatic nitrogens is 3. The Labute approximate surface area is 166 Å². The van der Waals surface area contributed by atoms with Crippen molar-refractivity contribution in [3.63, 3.8) is 0 Å². The van der Waals surface area contributed by atoms with Gasteiger partial charge in [-0.05, 0) is 37.0 Å². The summed E-state index contributed by atoms with van der Waals surface area (Å²) >= 11 is 0. The monoisotopic (exact) mass is 389 g/mol. The largest absolute Gasteiger partial charge is 0.339 e. The van der Waals surface area contributed by atoms with E-state index in [9.17, 15) is 4.79 Å². The number of carbonyl (C=O) groups excluding carboxylic acids is 1. The van der Waals surface area contributed by atoms with Gasteiger partial charge in [0.25, 0.3) is 5.91 Å². The minimum Gasteiger partial charge on any atom is -0.339 e. The Morgan fingerprint density at radius 1 is 1.15 bits per heavy atom. The van der Waals surface area contributed by atoms with Gasteiger partial charge in [-0.1, -0.05) is 25.5 Å². The van der Waals surface area contributed by atoms with Gasteiger partial charge in [-0.3, -0.25) is 4.79 Å². The van der Waals surface area contributed by atoms with Crippen molar-refractivity contribution in [2.75, 3.05) is 19.6 Å². The van der Waals surface area contributed by atoms with E-state index < -0.39 is 0 Å². The molecule has 1 aromatic heterocycles. The predicted octanol–water partition coefficient (Wildman–Crippen LogP) is 2.78. The molecule has 1 saturated heterocycles. The molecule has 1 aromatic carbocycles. The normalized spacial score (nSPS) is 17.3. The van der Waals surface area contributed by atoms with Gasteiger partial charge >= 0.3 is 0 Å². The highest BCUT2D eigenvalue weighted by atomic mass is 35.5. The van der Waals surface area contributed by atoms with E-state index in [4.69, 9.17) is 0 Å². The highest BCUT2D eigenvalue weighted by Crippen LogP contribution is 2.28. The summed E-state index contributed by atoms with van der Waals surface area (Å²) in [5.41, 5.74) is 2.10. The zero-order valence-electron chi connectivity index (χ0n) is 15.9. The second-order valence-corrected chi connectivity index (χ2v) is 7.32. The Morgan fingerprint density at radius 2 is 1.89 bits per heavy atom. The molecule has 0 bridgehead atoms. The quantitative estimate of drug-likeness (QED) is 0.873. The van der Waals surface area contributed by atoms with Gasteiger partial charge < -0.3 is 14.8 Å². The molecule has 0 spiro atoms. The average Bonchev–Trinajstić information content (AvgIpc) is 3.13. The van der Waals surface area contributed by atoms with E-state index in [2.05, 4.69) is 39.1 Å². The van der Waals surface area contributed by atoms with Crippen LogP contribution in [0, 0.1) is 0 Å². The van der Waals surface area contributed by atoms with Crippen LogP contribution in [0.15, 0.2) is 24.3 Å². The van der Waals surface area contributed by atoms with Gasteiger partial charge in [-0.25, -0.2) is 0 Å². The van der Waals surface area contributed by atoms with E-state index in [1.807, 2.05) is 17.0 Å². The Morgan fingerprint density at radius 3 is 2.59 bits per heavy atom. The number of rotatable bonds is 4. The molecule has 27 heavy (non-hydrogen) atoms. The number of aryl methyl sites for hydroxylation is 1. The van der Waals surface area contributed by atoms with E-state index in [1.54, 1.807) is 0 Å². The smallest absolute Gasteiger partial charge is 0.253 e. The fraction of sp³-hybridized carbons (Fsp3) is 0.550. The molecule has 3 heterocycles. The number of likely N-dealkylation sites (tertiary alicyclic amines) is 1. The number of hydrogen-bond donors (Lipinski definition) is 1. The van der Waals surface area contributed by atoms with Gasteiger partial charge in [0.15, 0.2) is 0 Å². The van der Waals surface area contributed by atoms with Crippen molar-refractivity contribution in [1.29, 1.82) is 0 Å². The standard InChI is InChI=1S/C20H27N5O.ClH/c1-2-3-15-4-6-17(7-5-15)20(26)24-11-8-16(9-12-24)19-23-22-18-14-21-10-13-25(18)19;/h4-7,16,21H,2-3,8-14H2,1H3;1H. The number of nitrogens with zero attached hydrogens (tertiary/aromatic N) is 4. The lowest BCUT2D eigenvalue weighted by molar-refractivity contribution is 0.0710. The first kappa shape index (κ1) is 19.8. The van der Waals surface area contributed by atoms with Crippen molar-refractivity contribution in [2.45, 2.75) is 51.6 Å². The van der Waals surface area contributed by atoms with Crippen LogP contribution in [0.3, 0.4) is 0 Å². The highest BCUT2D eigenvalue weighted by molar-refractivity contribution is 5.94. The number of fused-ring (bicyclic) bond motifs is 1. The number of nitrogens with one attached hydrogen (secondary N) is 1. The molecule has 2 aliphatic rings. The molecular weight excluding hydrogens is 362 g/mol. The average molecular weight is 390 g/mol. The van der Waals surface area contributed by atoms with Crippen molar-refractivity contribution >= 4 is 18.3 Å². The van der Waals surface area contributed by atoms with Crippen LogP contribution < -0.4 is 5.32 Å². The van der Waals surface area contributed by atoms with Crippen LogP contribution in [0.1, 0.15) is 59.7 Å². The fourth-order valence-corrected chi connectivity index (χ4v) is 4.04. The van der Waals surface area contributed by atoms with Gasteiger partial charge in [0.1, 0.15) is 11.6 Å². The van der Waals surface area contributed by atoms with Gasteiger partial charge in [-0.15, -0.1) is 22.6 Å². The van der Waals surface area contributed by atoms with E-state index >= 15 is 0 Å². The number of amides is 1. The number of piperidine rings is 1. The Bertz CT molecular complexity index is 765. The van der Waals surface area contributed by atoms with Crippen LogP contribution in [0.25, 0.3) is 0 Å². The summed E-state index contributed by atoms with van der Waals surface area (Å²) in [4.78, 5) is 14.8. The predicted molar refractivity (Wildman–Crippen MR) is 107 cm³/mol. The summed E-state index contributed by atoms with van der Waals surface area (Å²) in [6.45, 7) is 6.48. The summed E-state index contributed by atoms with van der Waals surface area (Å²) < 4.78 is 2.27. The minimum atomic E-state index is 0. The summed E-state index contributed by atoms with van der Waals surface area (Å²) in [6.07, 6.45) is 4.12. The van der Waals surface area contributed by atoms with Crippen molar-refractivity contribution < 1.29 is 4.79 Å². The van der Waals surface area contributed by atoms with E-state index in [0.29, 0.717) is 5.92 Å². The zero-order valence-corrected chi connectivity index (χ0v) is 16.7. The lowest BCUT2D eigenvalue weighted by atomic mass is 9.95. The van der Waals surface area contributed by atoms with Crippen LogP contribution >= 0.6 is 12.4 Å². The van der Waals surface area contributed by atoms with Gasteiger partial charge in [-0.2, -0.15) is 0 Å². The molecule has 1 N–H and O–H groups in total. The molecule has 1 amide bonds. The third kappa shape index (κ3) is 4.17. The van der Waals surface area contributed by atoms with Crippen LogP contribution in [-0.2, 0) is 19.5 Å². The van der Waals surface area contributed by atoms with Crippen LogP contribution in [0.4, 0.5) is 0 Å². The molecule has 146 valence electrons. The van der Waals surface area contributed by atoms with E-state index in [-0.39, 0.29) is 18.3 Å². The molecule has 6 nitrogen and oxygen atoms in total. The molecule has 0 unspecified atom stereocenters. The van der Waals surface area contributed by atoms with E-state index in [1.165, 1.54) is 5.56 Å². The molecule has 4 rings (SSSR count). The lowest BCUT2D eigenvalue weighted by Crippen LogP contribution is -2.38. The zero-order chi connectivity index (χ0) is 17.9. The van der Waals surface area contributed by atoms with Crippen molar-refractivity contribution in [3.05, 3.63) is 47.0 Å². The second kappa shape index (κ2) is 8.85. The first-order chi connectivity index (χ1) is 12.8. The molecule has 2 aliphatic heterocycles. The lowest BCUT2D eigenvalue weighted by Gasteiger charge is -2.32. The Kier molecular flexibility index (Phi) is 6.50. The minimum absolute atomic E-state index is 0. The number of carbonyl (C=O) groups is 1. The summed E-state index contributed by atoms with van der Waals surface area (Å²) in [7, 11) is 0. The third-order valence-electron chi connectivity index (χ3n) is 5.54. The Hall–Kier alpha value is -1.92. The van der Waals surface area contributed by atoms with E-state index in [0.717, 1.165) is 75.6 Å². The maximum Gasteiger partial charge on any atom is 0.253 e. The van der Waals surface area contributed by atoms with Gasteiger partial charge in [0, 0.05) is 37.7 Å². The summed E-state index contributed by atoms with van der Waals surface area (Å²) in [6, 6.07) is 8.11. The maximum atomic E-state index is 12.8. The molecular formula is C20H28ClN5O. The Balaban J connectivity index is 0.00000210. The van der Waals surface area contributed by atoms with Crippen LogP contribution in [-0.4, -0.2) is 45.2 Å². The number of benzene rings is 1. The fourth-order valence-electron chi connectivity index (χ4n) is 4.04. The molecule has 0 aliphatic carbocycles. The van der Waals surface area contributed by atoms with Crippen molar-refractivity contribution in [3.8, 4) is 0 Å². The summed E-state index contributed by atoms with van der Waals surface area (Å²) in [5, 5.41) is 12.1. The molecule has 2 aromatic rings. The van der Waals surface area contributed by atoms with Crippen molar-refractivity contribution in [1.82, 2.24) is 25.0 Å². The van der Waals surface area contributed by atoms with Gasteiger partial charge in [0.2, 0.25) is 0 Å². The SMILES string of the molecule is CCCc1ccc(C(=O)N2CCC(c3nnc4n3CCNC4)CC2)cc1.Cl. The molecule has 1 fully saturated rings. The number of halogens is 1. The second-order valence-electron chi connectivity index (χ2n) is 7.32. The maximum absolute atomic E-state index is 12.8. The molecule has 0 saturated carbocycles. The topological polar surface area (TPSA) is 63.1 Å². The van der Waals surface area contributed by atoms with Crippen molar-refractivity contribution in [2.24, 2.45) is 0 Å². The van der Waals surface area contributed by atoms with Crippen LogP contribution in [0.5, 0.6) is 0 Å². The van der Waals surface area contributed by atoms with Crippen LogP contribution in [0.2, 0.25) is 0 Å². The molecule has 0 atom stereocenters. The third-order valence-corrected chi connectivity index (χ3v) is 5.54. The highest BCUT2D eigenvalue weighted by Gasteiger charge is 2.29. The molecule has 7 heteroatoms. The number of hydrogen-bond acceptors (Lipinski definition) is 4. The first-order valence-corrected chi connectivity index (χ1v) is 9.77. The summed E-state index contributed by atoms with van der Waals surface area (Å²) in [5.74, 6) is 2.71. The first-order valence-electron chi connectivity index (χ1n) is 9.77.